The summed E-state index contributed by atoms with van der Waals surface area (Å²) in [6.45, 7) is 0. The van der Waals surface area contributed by atoms with Crippen LogP contribution in [0.25, 0.3) is 22.6 Å². The van der Waals surface area contributed by atoms with Crippen LogP contribution in [0.5, 0.6) is 0 Å². The van der Waals surface area contributed by atoms with E-state index in [1.54, 1.807) is 29.2 Å². The van der Waals surface area contributed by atoms with Crippen LogP contribution in [0.2, 0.25) is 15.2 Å². The van der Waals surface area contributed by atoms with E-state index in [4.69, 9.17) is 34.8 Å². The second-order valence-corrected chi connectivity index (χ2v) is 8.02. The number of anilines is 2. The van der Waals surface area contributed by atoms with Gasteiger partial charge < -0.3 is 0 Å². The highest BCUT2D eigenvalue weighted by Crippen LogP contribution is 2.47. The Balaban J connectivity index is 1.71. The summed E-state index contributed by atoms with van der Waals surface area (Å²) in [6.07, 6.45) is 1.77. The molecule has 0 saturated carbocycles. The molecule has 0 saturated heterocycles. The van der Waals surface area contributed by atoms with Gasteiger partial charge in [0, 0.05) is 16.5 Å². The summed E-state index contributed by atoms with van der Waals surface area (Å²) in [7, 11) is 0. The average molecular weight is 452 g/mol. The molecular formula is C24H13Cl3N2O. The lowest BCUT2D eigenvalue weighted by molar-refractivity contribution is -0.112. The Morgan fingerprint density at radius 2 is 1.53 bits per heavy atom. The van der Waals surface area contributed by atoms with Crippen LogP contribution in [0.1, 0.15) is 11.1 Å². The highest BCUT2D eigenvalue weighted by molar-refractivity contribution is 6.45. The molecule has 0 N–H and O–H groups in total. The summed E-state index contributed by atoms with van der Waals surface area (Å²) in [4.78, 5) is 19.5. The van der Waals surface area contributed by atoms with Gasteiger partial charge in [-0.15, -0.1) is 0 Å². The Kier molecular flexibility index (Phi) is 4.75. The van der Waals surface area contributed by atoms with Crippen molar-refractivity contribution in [2.24, 2.45) is 0 Å². The SMILES string of the molecule is O=C1/C(=C/c2cc3ccccc3nc2Cl)c2ccccc2N1c1c(Cl)cccc1Cl. The zero-order valence-corrected chi connectivity index (χ0v) is 17.7. The third-order valence-electron chi connectivity index (χ3n) is 5.03. The maximum atomic E-state index is 13.5. The molecule has 146 valence electrons. The highest BCUT2D eigenvalue weighted by Gasteiger charge is 2.35. The maximum absolute atomic E-state index is 13.5. The van der Waals surface area contributed by atoms with Crippen molar-refractivity contribution < 1.29 is 4.79 Å². The van der Waals surface area contributed by atoms with Crippen molar-refractivity contribution in [3.8, 4) is 0 Å². The van der Waals surface area contributed by atoms with Crippen molar-refractivity contribution in [2.45, 2.75) is 0 Å². The number of hydrogen-bond donors (Lipinski definition) is 0. The second-order valence-electron chi connectivity index (χ2n) is 6.85. The van der Waals surface area contributed by atoms with Gasteiger partial charge in [0.2, 0.25) is 0 Å². The molecule has 3 aromatic carbocycles. The minimum Gasteiger partial charge on any atom is -0.273 e. The normalized spacial score (nSPS) is 14.6. The minimum absolute atomic E-state index is 0.226. The first-order chi connectivity index (χ1) is 14.5. The van der Waals surface area contributed by atoms with Crippen molar-refractivity contribution in [3.05, 3.63) is 99.1 Å². The molecule has 0 atom stereocenters. The van der Waals surface area contributed by atoms with E-state index >= 15 is 0 Å². The van der Waals surface area contributed by atoms with Crippen molar-refractivity contribution >= 4 is 74.6 Å². The molecule has 2 heterocycles. The molecule has 3 nitrogen and oxygen atoms in total. The Labute approximate surface area is 188 Å². The summed E-state index contributed by atoms with van der Waals surface area (Å²) in [6, 6.07) is 22.3. The van der Waals surface area contributed by atoms with Crippen molar-refractivity contribution in [1.82, 2.24) is 4.98 Å². The first-order valence-electron chi connectivity index (χ1n) is 9.19. The second kappa shape index (κ2) is 7.44. The predicted octanol–water partition coefficient (Wildman–Crippen LogP) is 7.41. The van der Waals surface area contributed by atoms with Gasteiger partial charge in [-0.2, -0.15) is 0 Å². The van der Waals surface area contributed by atoms with Crippen LogP contribution in [0.4, 0.5) is 11.4 Å². The monoisotopic (exact) mass is 450 g/mol. The van der Waals surface area contributed by atoms with Crippen molar-refractivity contribution in [3.63, 3.8) is 0 Å². The van der Waals surface area contributed by atoms with Gasteiger partial charge in [0.15, 0.2) is 0 Å². The van der Waals surface area contributed by atoms with Crippen molar-refractivity contribution in [2.75, 3.05) is 4.90 Å². The fourth-order valence-corrected chi connectivity index (χ4v) is 4.44. The van der Waals surface area contributed by atoms with Gasteiger partial charge in [-0.25, -0.2) is 4.98 Å². The summed E-state index contributed by atoms with van der Waals surface area (Å²) >= 11 is 19.3. The van der Waals surface area contributed by atoms with Gasteiger partial charge in [0.1, 0.15) is 5.15 Å². The molecule has 0 spiro atoms. The first kappa shape index (κ1) is 19.1. The number of halogens is 3. The number of para-hydroxylation sites is 3. The number of nitrogens with zero attached hydrogens (tertiary/aromatic N) is 2. The summed E-state index contributed by atoms with van der Waals surface area (Å²) < 4.78 is 0. The fraction of sp³-hybridized carbons (Fsp3) is 0. The molecule has 1 aromatic heterocycles. The first-order valence-corrected chi connectivity index (χ1v) is 10.3. The van der Waals surface area contributed by atoms with Crippen LogP contribution in [-0.2, 0) is 4.79 Å². The molecule has 0 unspecified atom stereocenters. The van der Waals surface area contributed by atoms with E-state index < -0.39 is 0 Å². The van der Waals surface area contributed by atoms with Gasteiger partial charge in [0.05, 0.1) is 32.5 Å². The van der Waals surface area contributed by atoms with E-state index in [2.05, 4.69) is 4.98 Å². The molecule has 30 heavy (non-hydrogen) atoms. The zero-order valence-electron chi connectivity index (χ0n) is 15.4. The Hall–Kier alpha value is -2.85. The maximum Gasteiger partial charge on any atom is 0.263 e. The van der Waals surface area contributed by atoms with E-state index in [0.29, 0.717) is 37.7 Å². The summed E-state index contributed by atoms with van der Waals surface area (Å²) in [5.41, 5.74) is 3.93. The van der Waals surface area contributed by atoms with Gasteiger partial charge in [-0.1, -0.05) is 77.3 Å². The fourth-order valence-electron chi connectivity index (χ4n) is 3.67. The summed E-state index contributed by atoms with van der Waals surface area (Å²) in [5, 5.41) is 2.08. The van der Waals surface area contributed by atoms with E-state index in [1.165, 1.54) is 0 Å². The zero-order chi connectivity index (χ0) is 20.8. The molecule has 0 bridgehead atoms. The van der Waals surface area contributed by atoms with Crippen molar-refractivity contribution in [1.29, 1.82) is 0 Å². The molecule has 5 rings (SSSR count). The molecular weight excluding hydrogens is 439 g/mol. The number of benzene rings is 3. The van der Waals surface area contributed by atoms with Crippen LogP contribution < -0.4 is 4.90 Å². The average Bonchev–Trinajstić information content (AvgIpc) is 3.00. The third kappa shape index (κ3) is 3.07. The van der Waals surface area contributed by atoms with E-state index in [0.717, 1.165) is 16.5 Å². The third-order valence-corrected chi connectivity index (χ3v) is 5.95. The van der Waals surface area contributed by atoms with Crippen LogP contribution in [-0.4, -0.2) is 10.9 Å². The molecule has 1 amide bonds. The summed E-state index contributed by atoms with van der Waals surface area (Å²) in [5.74, 6) is -0.226. The number of amides is 1. The molecule has 4 aromatic rings. The Morgan fingerprint density at radius 1 is 0.833 bits per heavy atom. The van der Waals surface area contributed by atoms with Crippen LogP contribution in [0, 0.1) is 0 Å². The standard InChI is InChI=1S/C24H13Cl3N2O/c25-18-8-5-9-19(26)22(18)29-21-11-4-2-7-16(21)17(24(29)30)13-15-12-14-6-1-3-10-20(14)28-23(15)27/h1-13H/b17-13+. The smallest absolute Gasteiger partial charge is 0.263 e. The van der Waals surface area contributed by atoms with E-state index in [-0.39, 0.29) is 5.91 Å². The highest BCUT2D eigenvalue weighted by atomic mass is 35.5. The predicted molar refractivity (Wildman–Crippen MR) is 125 cm³/mol. The van der Waals surface area contributed by atoms with Gasteiger partial charge in [0.25, 0.3) is 5.91 Å². The largest absolute Gasteiger partial charge is 0.273 e. The number of rotatable bonds is 2. The molecule has 6 heteroatoms. The van der Waals surface area contributed by atoms with Crippen LogP contribution in [0.3, 0.4) is 0 Å². The number of pyridine rings is 1. The Morgan fingerprint density at radius 3 is 2.33 bits per heavy atom. The molecule has 0 radical (unpaired) electrons. The van der Waals surface area contributed by atoms with Gasteiger partial charge >= 0.3 is 0 Å². The van der Waals surface area contributed by atoms with E-state index in [1.807, 2.05) is 54.6 Å². The molecule has 1 aliphatic heterocycles. The lowest BCUT2D eigenvalue weighted by Crippen LogP contribution is -2.21. The number of aromatic nitrogens is 1. The molecule has 0 fully saturated rings. The topological polar surface area (TPSA) is 33.2 Å². The quantitative estimate of drug-likeness (QED) is 0.235. The van der Waals surface area contributed by atoms with Gasteiger partial charge in [-0.05, 0) is 36.4 Å². The minimum atomic E-state index is -0.226. The van der Waals surface area contributed by atoms with Crippen LogP contribution in [0.15, 0.2) is 72.8 Å². The number of hydrogen-bond acceptors (Lipinski definition) is 2. The van der Waals surface area contributed by atoms with E-state index in [9.17, 15) is 4.79 Å². The number of fused-ring (bicyclic) bond motifs is 2. The van der Waals surface area contributed by atoms with Crippen LogP contribution >= 0.6 is 34.8 Å². The number of carbonyl (C=O) groups excluding carboxylic acids is 1. The Bertz CT molecular complexity index is 1340. The molecule has 0 aliphatic carbocycles. The molecule has 1 aliphatic rings. The number of carbonyl (C=O) groups is 1. The van der Waals surface area contributed by atoms with Gasteiger partial charge in [-0.3, -0.25) is 9.69 Å². The lowest BCUT2D eigenvalue weighted by Gasteiger charge is -2.20. The lowest BCUT2D eigenvalue weighted by atomic mass is 10.0.